The minimum Gasteiger partial charge on any atom is -0.497 e. The van der Waals surface area contributed by atoms with Crippen LogP contribution in [0, 0.1) is 0 Å². The first-order chi connectivity index (χ1) is 13.8. The summed E-state index contributed by atoms with van der Waals surface area (Å²) in [6.07, 6.45) is -4.86. The Kier molecular flexibility index (Phi) is 4.60. The van der Waals surface area contributed by atoms with Crippen LogP contribution in [0.2, 0.25) is 0 Å². The zero-order valence-electron chi connectivity index (χ0n) is 15.4. The van der Waals surface area contributed by atoms with E-state index < -0.39 is 17.9 Å². The summed E-state index contributed by atoms with van der Waals surface area (Å²) in [5.41, 5.74) is -2.64. The number of carbonyl (C=O) groups excluding carboxylic acids is 1. The molecule has 0 radical (unpaired) electrons. The molecule has 2 heterocycles. The molecule has 1 N–H and O–H groups in total. The summed E-state index contributed by atoms with van der Waals surface area (Å²) in [6.45, 7) is 2.27. The topological polar surface area (TPSA) is 63.2 Å². The van der Waals surface area contributed by atoms with Gasteiger partial charge in [0.1, 0.15) is 11.5 Å². The van der Waals surface area contributed by atoms with Crippen molar-refractivity contribution in [3.05, 3.63) is 48.0 Å². The molecule has 0 unspecified atom stereocenters. The van der Waals surface area contributed by atoms with Gasteiger partial charge in [-0.2, -0.15) is 13.2 Å². The van der Waals surface area contributed by atoms with Crippen LogP contribution >= 0.6 is 11.8 Å². The van der Waals surface area contributed by atoms with E-state index in [4.69, 9.17) is 9.47 Å². The third kappa shape index (κ3) is 3.07. The van der Waals surface area contributed by atoms with Crippen LogP contribution in [0.25, 0.3) is 0 Å². The lowest BCUT2D eigenvalue weighted by molar-refractivity contribution is -0.195. The predicted molar refractivity (Wildman–Crippen MR) is 103 cm³/mol. The van der Waals surface area contributed by atoms with Crippen LogP contribution in [0.4, 0.5) is 23.7 Å². The van der Waals surface area contributed by atoms with Crippen LogP contribution in [0.5, 0.6) is 11.5 Å². The van der Waals surface area contributed by atoms with Crippen molar-refractivity contribution in [3.63, 3.8) is 0 Å². The lowest BCUT2D eigenvalue weighted by atomic mass is 9.98. The van der Waals surface area contributed by atoms with Gasteiger partial charge in [0.2, 0.25) is 0 Å². The number of carbonyl (C=O) groups is 1. The van der Waals surface area contributed by atoms with Crippen molar-refractivity contribution in [1.29, 1.82) is 0 Å². The second kappa shape index (κ2) is 6.87. The number of ether oxygens (including phenoxy) is 2. The van der Waals surface area contributed by atoms with Crippen LogP contribution in [0.1, 0.15) is 12.5 Å². The first kappa shape index (κ1) is 19.4. The van der Waals surface area contributed by atoms with Gasteiger partial charge in [0, 0.05) is 10.5 Å². The number of methoxy groups -OCH3 is 1. The molecular formula is C19H16F3N3O3S. The number of amidine groups is 1. The molecule has 0 saturated carbocycles. The second-order valence-electron chi connectivity index (χ2n) is 6.26. The van der Waals surface area contributed by atoms with E-state index in [1.165, 1.54) is 31.4 Å². The van der Waals surface area contributed by atoms with Crippen molar-refractivity contribution in [2.75, 3.05) is 18.6 Å². The number of amides is 2. The van der Waals surface area contributed by atoms with Gasteiger partial charge in [0.05, 0.1) is 19.4 Å². The van der Waals surface area contributed by atoms with Crippen LogP contribution in [0.15, 0.2) is 52.4 Å². The number of urea groups is 1. The van der Waals surface area contributed by atoms with E-state index in [1.807, 2.05) is 6.92 Å². The number of benzene rings is 2. The zero-order chi connectivity index (χ0) is 20.8. The van der Waals surface area contributed by atoms with Crippen LogP contribution in [0.3, 0.4) is 0 Å². The highest BCUT2D eigenvalue weighted by molar-refractivity contribution is 8.15. The lowest BCUT2D eigenvalue weighted by Gasteiger charge is -2.38. The standard InChI is InChI=1S/C19H16F3N3O3S/c1-3-28-13-8-9-14-15(10-13)29-17-24-18(19(20,21)22,23-16(26)25(14)17)11-4-6-12(27-2)7-5-11/h4-10H,3H2,1-2H3,(H,23,26)/t18-/m0/s1. The number of alkyl halides is 3. The minimum atomic E-state index is -4.86. The summed E-state index contributed by atoms with van der Waals surface area (Å²) in [4.78, 5) is 18.5. The molecule has 0 saturated heterocycles. The maximum atomic E-state index is 14.2. The number of nitrogens with one attached hydrogen (secondary N) is 1. The van der Waals surface area contributed by atoms with Crippen molar-refractivity contribution < 1.29 is 27.4 Å². The molecule has 2 amide bonds. The van der Waals surface area contributed by atoms with E-state index in [-0.39, 0.29) is 10.7 Å². The molecule has 10 heteroatoms. The molecule has 0 bridgehead atoms. The Morgan fingerprint density at radius 2 is 1.86 bits per heavy atom. The van der Waals surface area contributed by atoms with Gasteiger partial charge in [-0.3, -0.25) is 0 Å². The number of rotatable bonds is 4. The lowest BCUT2D eigenvalue weighted by Crippen LogP contribution is -2.62. The molecule has 0 fully saturated rings. The highest BCUT2D eigenvalue weighted by Gasteiger charge is 2.61. The number of aliphatic imine (C=N–C) groups is 1. The predicted octanol–water partition coefficient (Wildman–Crippen LogP) is 4.50. The highest BCUT2D eigenvalue weighted by atomic mass is 32.2. The molecule has 2 aromatic rings. The van der Waals surface area contributed by atoms with Gasteiger partial charge >= 0.3 is 12.2 Å². The normalized spacial score (nSPS) is 20.5. The molecule has 6 nitrogen and oxygen atoms in total. The van der Waals surface area contributed by atoms with Gasteiger partial charge in [-0.25, -0.2) is 14.7 Å². The van der Waals surface area contributed by atoms with Crippen molar-refractivity contribution in [2.45, 2.75) is 23.7 Å². The van der Waals surface area contributed by atoms with Gasteiger partial charge in [0.15, 0.2) is 5.17 Å². The molecule has 0 aliphatic carbocycles. The smallest absolute Gasteiger partial charge is 0.436 e. The number of fused-ring (bicyclic) bond motifs is 3. The van der Waals surface area contributed by atoms with E-state index in [9.17, 15) is 18.0 Å². The Balaban J connectivity index is 1.82. The number of hydrogen-bond acceptors (Lipinski definition) is 5. The van der Waals surface area contributed by atoms with Crippen LogP contribution in [-0.4, -0.2) is 31.1 Å². The number of anilines is 1. The first-order valence-electron chi connectivity index (χ1n) is 8.67. The Labute approximate surface area is 168 Å². The Morgan fingerprint density at radius 1 is 1.17 bits per heavy atom. The average Bonchev–Trinajstić information content (AvgIpc) is 3.05. The Morgan fingerprint density at radius 3 is 2.48 bits per heavy atom. The molecule has 1 atom stereocenters. The fourth-order valence-electron chi connectivity index (χ4n) is 3.18. The maximum absolute atomic E-state index is 14.2. The quantitative estimate of drug-likeness (QED) is 0.787. The zero-order valence-corrected chi connectivity index (χ0v) is 16.2. The fourth-order valence-corrected chi connectivity index (χ4v) is 4.27. The molecule has 29 heavy (non-hydrogen) atoms. The molecule has 0 spiro atoms. The summed E-state index contributed by atoms with van der Waals surface area (Å²) in [7, 11) is 1.41. The molecule has 2 aromatic carbocycles. The largest absolute Gasteiger partial charge is 0.497 e. The minimum absolute atomic E-state index is 0.0504. The SMILES string of the molecule is CCOc1ccc2c(c1)SC1=N[C@@](c3ccc(OC)cc3)(C(F)(F)F)NC(=O)N12. The van der Waals surface area contributed by atoms with E-state index in [1.54, 1.807) is 18.2 Å². The molecular weight excluding hydrogens is 407 g/mol. The first-order valence-corrected chi connectivity index (χ1v) is 9.49. The van der Waals surface area contributed by atoms with Crippen LogP contribution in [-0.2, 0) is 5.66 Å². The van der Waals surface area contributed by atoms with Gasteiger partial charge in [-0.05, 0) is 49.0 Å². The van der Waals surface area contributed by atoms with E-state index in [2.05, 4.69) is 10.3 Å². The monoisotopic (exact) mass is 423 g/mol. The Hall–Kier alpha value is -2.88. The molecule has 152 valence electrons. The fraction of sp³-hybridized carbons (Fsp3) is 0.263. The van der Waals surface area contributed by atoms with Crippen molar-refractivity contribution in [3.8, 4) is 11.5 Å². The Bertz CT molecular complexity index is 994. The molecule has 4 rings (SSSR count). The summed E-state index contributed by atoms with van der Waals surface area (Å²) < 4.78 is 53.0. The van der Waals surface area contributed by atoms with Gasteiger partial charge in [-0.1, -0.05) is 12.1 Å². The third-order valence-corrected chi connectivity index (χ3v) is 5.55. The number of thioether (sulfide) groups is 1. The van der Waals surface area contributed by atoms with E-state index in [0.29, 0.717) is 28.7 Å². The third-order valence-electron chi connectivity index (χ3n) is 4.55. The summed E-state index contributed by atoms with van der Waals surface area (Å²) in [5, 5.41) is 2.01. The summed E-state index contributed by atoms with van der Waals surface area (Å²) >= 11 is 0.995. The van der Waals surface area contributed by atoms with Gasteiger partial charge < -0.3 is 14.8 Å². The number of halogens is 3. The van der Waals surface area contributed by atoms with E-state index in [0.717, 1.165) is 16.7 Å². The van der Waals surface area contributed by atoms with Crippen molar-refractivity contribution in [2.24, 2.45) is 4.99 Å². The van der Waals surface area contributed by atoms with Crippen molar-refractivity contribution in [1.82, 2.24) is 5.32 Å². The van der Waals surface area contributed by atoms with E-state index >= 15 is 0 Å². The van der Waals surface area contributed by atoms with Crippen molar-refractivity contribution >= 4 is 28.6 Å². The molecule has 0 aromatic heterocycles. The summed E-state index contributed by atoms with van der Waals surface area (Å²) in [6, 6.07) is 9.34. The number of nitrogens with zero attached hydrogens (tertiary/aromatic N) is 2. The van der Waals surface area contributed by atoms with Crippen LogP contribution < -0.4 is 19.7 Å². The average molecular weight is 423 g/mol. The van der Waals surface area contributed by atoms with Gasteiger partial charge in [0.25, 0.3) is 5.66 Å². The summed E-state index contributed by atoms with van der Waals surface area (Å²) in [5.74, 6) is 0.963. The highest BCUT2D eigenvalue weighted by Crippen LogP contribution is 2.49. The molecule has 2 aliphatic heterocycles. The maximum Gasteiger partial charge on any atom is 0.436 e. The second-order valence-corrected chi connectivity index (χ2v) is 7.27. The van der Waals surface area contributed by atoms with Gasteiger partial charge in [-0.15, -0.1) is 0 Å². The molecule has 2 aliphatic rings. The number of hydrogen-bond donors (Lipinski definition) is 1.